The third-order valence-electron chi connectivity index (χ3n) is 1.46. The Hall–Kier alpha value is -0.180. The molecule has 3 heteroatoms. The number of hydrogen-bond acceptors (Lipinski definition) is 1. The largest absolute Gasteiger partial charge is 0.323 e. The van der Waals surface area contributed by atoms with Crippen LogP contribution in [-0.4, -0.2) is 12.5 Å². The molecular weight excluding hydrogens is 112 g/mol. The molecule has 0 heterocycles. The summed E-state index contributed by atoms with van der Waals surface area (Å²) in [5.74, 6) is 0.120. The van der Waals surface area contributed by atoms with Crippen molar-refractivity contribution >= 4 is 0 Å². The summed E-state index contributed by atoms with van der Waals surface area (Å²) in [6, 6.07) is -0.852. The lowest BCUT2D eigenvalue weighted by Crippen LogP contribution is -2.30. The van der Waals surface area contributed by atoms with Gasteiger partial charge in [0.05, 0.1) is 6.04 Å². The van der Waals surface area contributed by atoms with E-state index in [0.717, 1.165) is 12.8 Å². The Morgan fingerprint density at radius 2 is 1.88 bits per heavy atom. The van der Waals surface area contributed by atoms with Crippen LogP contribution in [0.3, 0.4) is 0 Å². The number of halogens is 2. The SMILES string of the molecule is N[C@H](C(F)F)C1CC1. The standard InChI is InChI=1S/C5H9F2N/c6-5(7)4(8)3-1-2-3/h3-5H,1-2,8H2/t4-/m0/s1. The minimum Gasteiger partial charge on any atom is -0.323 e. The number of hydrogen-bond donors (Lipinski definition) is 1. The maximum atomic E-state index is 11.6. The monoisotopic (exact) mass is 121 g/mol. The van der Waals surface area contributed by atoms with Crippen LogP contribution in [0.1, 0.15) is 12.8 Å². The fourth-order valence-corrected chi connectivity index (χ4v) is 0.687. The van der Waals surface area contributed by atoms with E-state index in [-0.39, 0.29) is 5.92 Å². The van der Waals surface area contributed by atoms with Gasteiger partial charge in [-0.1, -0.05) is 0 Å². The van der Waals surface area contributed by atoms with Crippen molar-refractivity contribution in [3.05, 3.63) is 0 Å². The Balaban J connectivity index is 2.22. The third-order valence-corrected chi connectivity index (χ3v) is 1.46. The zero-order chi connectivity index (χ0) is 6.15. The Morgan fingerprint density at radius 3 is 2.00 bits per heavy atom. The fraction of sp³-hybridized carbons (Fsp3) is 1.00. The molecule has 0 aromatic carbocycles. The first-order valence-corrected chi connectivity index (χ1v) is 2.75. The van der Waals surface area contributed by atoms with E-state index in [1.54, 1.807) is 0 Å². The summed E-state index contributed by atoms with van der Waals surface area (Å²) < 4.78 is 23.2. The van der Waals surface area contributed by atoms with Gasteiger partial charge >= 0.3 is 0 Å². The van der Waals surface area contributed by atoms with Gasteiger partial charge in [-0.05, 0) is 18.8 Å². The highest BCUT2D eigenvalue weighted by atomic mass is 19.3. The molecule has 0 amide bonds. The summed E-state index contributed by atoms with van der Waals surface area (Å²) in [5, 5.41) is 0. The van der Waals surface area contributed by atoms with Crippen molar-refractivity contribution in [2.45, 2.75) is 25.3 Å². The first kappa shape index (κ1) is 5.95. The first-order valence-electron chi connectivity index (χ1n) is 2.75. The van der Waals surface area contributed by atoms with E-state index in [0.29, 0.717) is 0 Å². The van der Waals surface area contributed by atoms with E-state index in [2.05, 4.69) is 0 Å². The summed E-state index contributed by atoms with van der Waals surface area (Å²) in [5.41, 5.74) is 5.07. The molecule has 0 bridgehead atoms. The van der Waals surface area contributed by atoms with Crippen LogP contribution >= 0.6 is 0 Å². The molecule has 2 N–H and O–H groups in total. The molecule has 0 aromatic heterocycles. The van der Waals surface area contributed by atoms with E-state index in [9.17, 15) is 8.78 Å². The number of nitrogens with two attached hydrogens (primary N) is 1. The van der Waals surface area contributed by atoms with Gasteiger partial charge < -0.3 is 5.73 Å². The van der Waals surface area contributed by atoms with Crippen molar-refractivity contribution < 1.29 is 8.78 Å². The highest BCUT2D eigenvalue weighted by molar-refractivity contribution is 4.85. The lowest BCUT2D eigenvalue weighted by atomic mass is 10.2. The zero-order valence-electron chi connectivity index (χ0n) is 4.48. The third kappa shape index (κ3) is 1.15. The fourth-order valence-electron chi connectivity index (χ4n) is 0.687. The molecular formula is C5H9F2N. The number of rotatable bonds is 2. The highest BCUT2D eigenvalue weighted by Crippen LogP contribution is 2.33. The summed E-state index contributed by atoms with van der Waals surface area (Å²) in [6.07, 6.45) is -0.528. The Kier molecular flexibility index (Phi) is 1.47. The van der Waals surface area contributed by atoms with Crippen molar-refractivity contribution in [3.8, 4) is 0 Å². The zero-order valence-corrected chi connectivity index (χ0v) is 4.48. The Morgan fingerprint density at radius 1 is 1.38 bits per heavy atom. The van der Waals surface area contributed by atoms with E-state index >= 15 is 0 Å². The second kappa shape index (κ2) is 1.97. The molecule has 1 fully saturated rings. The molecule has 1 aliphatic rings. The molecule has 1 saturated carbocycles. The van der Waals surface area contributed by atoms with Crippen molar-refractivity contribution in [2.24, 2.45) is 11.7 Å². The van der Waals surface area contributed by atoms with Crippen molar-refractivity contribution in [3.63, 3.8) is 0 Å². The molecule has 1 atom stereocenters. The second-order valence-electron chi connectivity index (χ2n) is 2.25. The maximum absolute atomic E-state index is 11.6. The van der Waals surface area contributed by atoms with E-state index < -0.39 is 12.5 Å². The van der Waals surface area contributed by atoms with Gasteiger partial charge in [-0.15, -0.1) is 0 Å². The molecule has 0 unspecified atom stereocenters. The average molecular weight is 121 g/mol. The quantitative estimate of drug-likeness (QED) is 0.579. The van der Waals surface area contributed by atoms with Gasteiger partial charge in [-0.2, -0.15) is 0 Å². The smallest absolute Gasteiger partial charge is 0.253 e. The van der Waals surface area contributed by atoms with Crippen LogP contribution in [0.2, 0.25) is 0 Å². The lowest BCUT2D eigenvalue weighted by Gasteiger charge is -2.05. The molecule has 0 aromatic rings. The van der Waals surface area contributed by atoms with Gasteiger partial charge in [0, 0.05) is 0 Å². The van der Waals surface area contributed by atoms with Crippen LogP contribution in [0.5, 0.6) is 0 Å². The average Bonchev–Trinajstić information content (AvgIpc) is 2.43. The Labute approximate surface area is 46.9 Å². The molecule has 8 heavy (non-hydrogen) atoms. The predicted molar refractivity (Wildman–Crippen MR) is 26.7 cm³/mol. The Bertz CT molecular complexity index is 78.5. The first-order chi connectivity index (χ1) is 3.72. The summed E-state index contributed by atoms with van der Waals surface area (Å²) in [7, 11) is 0. The van der Waals surface area contributed by atoms with Crippen LogP contribution in [0.4, 0.5) is 8.78 Å². The van der Waals surface area contributed by atoms with Crippen molar-refractivity contribution in [2.75, 3.05) is 0 Å². The van der Waals surface area contributed by atoms with Gasteiger partial charge in [0.15, 0.2) is 0 Å². The van der Waals surface area contributed by atoms with Gasteiger partial charge in [0.25, 0.3) is 6.43 Å². The van der Waals surface area contributed by atoms with Gasteiger partial charge in [0.2, 0.25) is 0 Å². The normalized spacial score (nSPS) is 24.0. The van der Waals surface area contributed by atoms with Crippen LogP contribution < -0.4 is 5.73 Å². The summed E-state index contributed by atoms with van der Waals surface area (Å²) in [4.78, 5) is 0. The van der Waals surface area contributed by atoms with Gasteiger partial charge in [-0.3, -0.25) is 0 Å². The molecule has 1 rings (SSSR count). The minimum absolute atomic E-state index is 0.120. The maximum Gasteiger partial charge on any atom is 0.253 e. The molecule has 0 aliphatic heterocycles. The molecule has 1 nitrogen and oxygen atoms in total. The van der Waals surface area contributed by atoms with Crippen LogP contribution in [0.15, 0.2) is 0 Å². The lowest BCUT2D eigenvalue weighted by molar-refractivity contribution is 0.107. The molecule has 48 valence electrons. The molecule has 1 aliphatic carbocycles. The molecule has 0 radical (unpaired) electrons. The second-order valence-corrected chi connectivity index (χ2v) is 2.25. The summed E-state index contributed by atoms with van der Waals surface area (Å²) >= 11 is 0. The molecule has 0 saturated heterocycles. The van der Waals surface area contributed by atoms with Crippen molar-refractivity contribution in [1.29, 1.82) is 0 Å². The summed E-state index contributed by atoms with van der Waals surface area (Å²) in [6.45, 7) is 0. The van der Waals surface area contributed by atoms with Gasteiger partial charge in [-0.25, -0.2) is 8.78 Å². The topological polar surface area (TPSA) is 26.0 Å². The minimum atomic E-state index is -2.32. The number of alkyl halides is 2. The predicted octanol–water partition coefficient (Wildman–Crippen LogP) is 0.989. The van der Waals surface area contributed by atoms with Crippen LogP contribution in [-0.2, 0) is 0 Å². The van der Waals surface area contributed by atoms with Crippen molar-refractivity contribution in [1.82, 2.24) is 0 Å². The molecule has 0 spiro atoms. The highest BCUT2D eigenvalue weighted by Gasteiger charge is 2.33. The van der Waals surface area contributed by atoms with E-state index in [1.807, 2.05) is 0 Å². The van der Waals surface area contributed by atoms with Crippen LogP contribution in [0, 0.1) is 5.92 Å². The van der Waals surface area contributed by atoms with Gasteiger partial charge in [0.1, 0.15) is 0 Å². The van der Waals surface area contributed by atoms with E-state index in [1.165, 1.54) is 0 Å². The van der Waals surface area contributed by atoms with E-state index in [4.69, 9.17) is 5.73 Å². The van der Waals surface area contributed by atoms with Crippen LogP contribution in [0.25, 0.3) is 0 Å².